The fourth-order valence-corrected chi connectivity index (χ4v) is 1.17. The van der Waals surface area contributed by atoms with Gasteiger partial charge in [0.2, 0.25) is 17.8 Å². The largest absolute Gasteiger partial charge is 0.467 e. The molecule has 2 rings (SSSR count). The van der Waals surface area contributed by atoms with Crippen molar-refractivity contribution in [2.24, 2.45) is 4.99 Å². The van der Waals surface area contributed by atoms with Crippen LogP contribution in [0, 0.1) is 0 Å². The van der Waals surface area contributed by atoms with E-state index in [1.165, 1.54) is 6.26 Å². The van der Waals surface area contributed by atoms with Gasteiger partial charge in [-0.25, -0.2) is 4.99 Å². The highest BCUT2D eigenvalue weighted by molar-refractivity contribution is 6.15. The second kappa shape index (κ2) is 3.95. The summed E-state index contributed by atoms with van der Waals surface area (Å²) in [5.41, 5.74) is 0. The van der Waals surface area contributed by atoms with Crippen LogP contribution in [0.5, 0.6) is 0 Å². The van der Waals surface area contributed by atoms with Crippen LogP contribution in [0.15, 0.2) is 27.8 Å². The Balaban J connectivity index is 2.00. The molecule has 0 saturated carbocycles. The van der Waals surface area contributed by atoms with Gasteiger partial charge < -0.3 is 4.42 Å². The molecule has 0 aromatic carbocycles. The zero-order valence-electron chi connectivity index (χ0n) is 7.82. The van der Waals surface area contributed by atoms with Crippen LogP contribution in [0.2, 0.25) is 0 Å². The highest BCUT2D eigenvalue weighted by Gasteiger charge is 2.19. The highest BCUT2D eigenvalue weighted by atomic mass is 16.3. The van der Waals surface area contributed by atoms with Crippen molar-refractivity contribution in [3.63, 3.8) is 0 Å². The first-order valence-electron chi connectivity index (χ1n) is 4.40. The van der Waals surface area contributed by atoms with E-state index in [0.717, 1.165) is 0 Å². The summed E-state index contributed by atoms with van der Waals surface area (Å²) in [5, 5.41) is 4.89. The van der Waals surface area contributed by atoms with Gasteiger partial charge in [-0.05, 0) is 12.1 Å². The van der Waals surface area contributed by atoms with Gasteiger partial charge in [0, 0.05) is 0 Å². The van der Waals surface area contributed by atoms with E-state index in [1.54, 1.807) is 12.1 Å². The molecule has 2 N–H and O–H groups in total. The Hall–Kier alpha value is -2.11. The second-order valence-electron chi connectivity index (χ2n) is 3.02. The first-order valence-corrected chi connectivity index (χ1v) is 4.40. The Morgan fingerprint density at radius 3 is 2.67 bits per heavy atom. The first-order chi connectivity index (χ1) is 7.24. The summed E-state index contributed by atoms with van der Waals surface area (Å²) in [4.78, 5) is 25.9. The molecule has 6 nitrogen and oxygen atoms in total. The smallest absolute Gasteiger partial charge is 0.236 e. The van der Waals surface area contributed by atoms with Crippen LogP contribution in [-0.2, 0) is 16.1 Å². The zero-order chi connectivity index (χ0) is 10.7. The van der Waals surface area contributed by atoms with Crippen LogP contribution in [0.25, 0.3) is 0 Å². The summed E-state index contributed by atoms with van der Waals surface area (Å²) < 4.78 is 5.05. The van der Waals surface area contributed by atoms with E-state index < -0.39 is 0 Å². The number of aliphatic imine (C=N–C) groups is 1. The van der Waals surface area contributed by atoms with Crippen molar-refractivity contribution < 1.29 is 14.0 Å². The average molecular weight is 207 g/mol. The fraction of sp³-hybridized carbons (Fsp3) is 0.222. The maximum absolute atomic E-state index is 11.0. The van der Waals surface area contributed by atoms with E-state index in [4.69, 9.17) is 4.42 Å². The maximum Gasteiger partial charge on any atom is 0.236 e. The van der Waals surface area contributed by atoms with E-state index in [1.807, 2.05) is 0 Å². The summed E-state index contributed by atoms with van der Waals surface area (Å²) in [6.07, 6.45) is 1.38. The number of hydrogen-bond acceptors (Lipinski definition) is 4. The molecule has 1 aliphatic rings. The quantitative estimate of drug-likeness (QED) is 0.657. The van der Waals surface area contributed by atoms with Crippen molar-refractivity contribution in [3.8, 4) is 0 Å². The van der Waals surface area contributed by atoms with E-state index in [9.17, 15) is 9.59 Å². The van der Waals surface area contributed by atoms with Crippen LogP contribution in [0.1, 0.15) is 12.2 Å². The van der Waals surface area contributed by atoms with Gasteiger partial charge in [0.25, 0.3) is 0 Å². The SMILES string of the molecule is O=C1CC(=O)NC(=NCc2ccco2)N1. The van der Waals surface area contributed by atoms with Crippen molar-refractivity contribution in [2.45, 2.75) is 13.0 Å². The molecule has 1 aromatic heterocycles. The summed E-state index contributed by atoms with van der Waals surface area (Å²) in [6, 6.07) is 3.50. The lowest BCUT2D eigenvalue weighted by Gasteiger charge is -2.14. The van der Waals surface area contributed by atoms with Crippen LogP contribution < -0.4 is 10.6 Å². The molecule has 0 radical (unpaired) electrons. The van der Waals surface area contributed by atoms with Gasteiger partial charge in [-0.2, -0.15) is 0 Å². The predicted molar refractivity (Wildman–Crippen MR) is 50.7 cm³/mol. The molecule has 1 aromatic rings. The molecule has 0 unspecified atom stereocenters. The standard InChI is InChI=1S/C9H9N3O3/c13-7-4-8(14)12-9(11-7)10-5-6-2-1-3-15-6/h1-3H,4-5H2,(H2,10,11,12,13,14). The lowest BCUT2D eigenvalue weighted by atomic mass is 10.3. The molecule has 0 atom stereocenters. The zero-order valence-corrected chi connectivity index (χ0v) is 7.82. The molecule has 6 heteroatoms. The third kappa shape index (κ3) is 2.43. The third-order valence-corrected chi connectivity index (χ3v) is 1.81. The molecule has 0 bridgehead atoms. The lowest BCUT2D eigenvalue weighted by molar-refractivity contribution is -0.129. The Labute approximate surface area is 85.4 Å². The normalized spacial score (nSPS) is 15.9. The van der Waals surface area contributed by atoms with E-state index >= 15 is 0 Å². The molecule has 2 amide bonds. The fourth-order valence-electron chi connectivity index (χ4n) is 1.17. The minimum atomic E-state index is -0.350. The lowest BCUT2D eigenvalue weighted by Crippen LogP contribution is -2.50. The van der Waals surface area contributed by atoms with Gasteiger partial charge in [0.05, 0.1) is 6.26 Å². The van der Waals surface area contributed by atoms with Crippen molar-refractivity contribution in [3.05, 3.63) is 24.2 Å². The number of carbonyl (C=O) groups is 2. The summed E-state index contributed by atoms with van der Waals surface area (Å²) in [7, 11) is 0. The summed E-state index contributed by atoms with van der Waals surface area (Å²) >= 11 is 0. The van der Waals surface area contributed by atoms with Gasteiger partial charge in [-0.15, -0.1) is 0 Å². The first kappa shape index (κ1) is 9.45. The van der Waals surface area contributed by atoms with Crippen LogP contribution >= 0.6 is 0 Å². The molecule has 1 saturated heterocycles. The maximum atomic E-state index is 11.0. The van der Waals surface area contributed by atoms with Crippen LogP contribution in [0.4, 0.5) is 0 Å². The Morgan fingerprint density at radius 2 is 2.07 bits per heavy atom. The monoisotopic (exact) mass is 207 g/mol. The van der Waals surface area contributed by atoms with Gasteiger partial charge in [0.15, 0.2) is 0 Å². The summed E-state index contributed by atoms with van der Waals surface area (Å²) in [6.45, 7) is 0.281. The minimum Gasteiger partial charge on any atom is -0.467 e. The van der Waals surface area contributed by atoms with E-state index in [2.05, 4.69) is 15.6 Å². The third-order valence-electron chi connectivity index (χ3n) is 1.81. The number of carbonyl (C=O) groups excluding carboxylic acids is 2. The molecular formula is C9H9N3O3. The second-order valence-corrected chi connectivity index (χ2v) is 3.02. The van der Waals surface area contributed by atoms with Gasteiger partial charge in [-0.3, -0.25) is 20.2 Å². The summed E-state index contributed by atoms with van der Waals surface area (Å²) in [5.74, 6) is 0.137. The molecule has 1 aliphatic heterocycles. The Morgan fingerprint density at radius 1 is 1.33 bits per heavy atom. The van der Waals surface area contributed by atoms with Gasteiger partial charge in [0.1, 0.15) is 18.7 Å². The number of amides is 2. The number of nitrogens with zero attached hydrogens (tertiary/aromatic N) is 1. The molecule has 1 fully saturated rings. The Kier molecular flexibility index (Phi) is 2.49. The highest BCUT2D eigenvalue weighted by Crippen LogP contribution is 2.01. The Bertz CT molecular complexity index is 390. The van der Waals surface area contributed by atoms with Crippen molar-refractivity contribution in [1.82, 2.24) is 10.6 Å². The number of hydrogen-bond donors (Lipinski definition) is 2. The molecular weight excluding hydrogens is 198 g/mol. The average Bonchev–Trinajstić information content (AvgIpc) is 2.65. The molecule has 15 heavy (non-hydrogen) atoms. The van der Waals surface area contributed by atoms with Gasteiger partial charge >= 0.3 is 0 Å². The topological polar surface area (TPSA) is 83.7 Å². The van der Waals surface area contributed by atoms with Crippen molar-refractivity contribution in [1.29, 1.82) is 0 Å². The predicted octanol–water partition coefficient (Wildman–Crippen LogP) is -0.228. The molecule has 2 heterocycles. The van der Waals surface area contributed by atoms with Crippen molar-refractivity contribution in [2.75, 3.05) is 0 Å². The number of nitrogens with one attached hydrogen (secondary N) is 2. The number of guanidine groups is 1. The minimum absolute atomic E-state index is 0.153. The van der Waals surface area contributed by atoms with Gasteiger partial charge in [-0.1, -0.05) is 0 Å². The van der Waals surface area contributed by atoms with Crippen molar-refractivity contribution >= 4 is 17.8 Å². The van der Waals surface area contributed by atoms with Crippen LogP contribution in [0.3, 0.4) is 0 Å². The molecule has 0 spiro atoms. The van der Waals surface area contributed by atoms with Crippen LogP contribution in [-0.4, -0.2) is 17.8 Å². The number of furan rings is 1. The molecule has 78 valence electrons. The van der Waals surface area contributed by atoms with E-state index in [-0.39, 0.29) is 30.7 Å². The van der Waals surface area contributed by atoms with E-state index in [0.29, 0.717) is 5.76 Å². The number of rotatable bonds is 2. The molecule has 0 aliphatic carbocycles.